The van der Waals surface area contributed by atoms with E-state index in [-0.39, 0.29) is 17.0 Å². The summed E-state index contributed by atoms with van der Waals surface area (Å²) >= 11 is 0. The van der Waals surface area contributed by atoms with Gasteiger partial charge in [-0.2, -0.15) is 9.40 Å². The number of hydrogen-bond acceptors (Lipinski definition) is 7. The zero-order valence-corrected chi connectivity index (χ0v) is 22.2. The topological polar surface area (TPSA) is 98.4 Å². The number of benzene rings is 1. The van der Waals surface area contributed by atoms with Crippen molar-refractivity contribution >= 4 is 10.0 Å². The Kier molecular flexibility index (Phi) is 6.07. The van der Waals surface area contributed by atoms with Gasteiger partial charge in [0, 0.05) is 37.6 Å². The second kappa shape index (κ2) is 9.29. The first-order chi connectivity index (χ1) is 17.8. The van der Waals surface area contributed by atoms with Crippen molar-refractivity contribution in [1.82, 2.24) is 33.5 Å². The van der Waals surface area contributed by atoms with Crippen molar-refractivity contribution in [3.63, 3.8) is 0 Å². The number of fused-ring (bicyclic) bond motifs is 3. The molecule has 0 N–H and O–H groups in total. The van der Waals surface area contributed by atoms with Crippen LogP contribution in [0.15, 0.2) is 47.9 Å². The molecular weight excluding hydrogens is 490 g/mol. The highest BCUT2D eigenvalue weighted by molar-refractivity contribution is 7.89. The number of nitrogens with zero attached hydrogens (tertiary/aromatic N) is 7. The molecule has 0 amide bonds. The highest BCUT2D eigenvalue weighted by Crippen LogP contribution is 2.38. The number of rotatable bonds is 6. The molecule has 0 spiro atoms. The Bertz CT molecular complexity index is 1440. The quantitative estimate of drug-likeness (QED) is 0.487. The molecule has 11 heteroatoms. The summed E-state index contributed by atoms with van der Waals surface area (Å²) in [5.74, 6) is 1.97. The molecule has 3 aliphatic heterocycles. The third kappa shape index (κ3) is 4.14. The molecule has 1 aromatic carbocycles. The van der Waals surface area contributed by atoms with Crippen molar-refractivity contribution in [2.45, 2.75) is 63.1 Å². The minimum atomic E-state index is -3.74. The van der Waals surface area contributed by atoms with Crippen LogP contribution in [0.25, 0.3) is 22.9 Å². The molecule has 37 heavy (non-hydrogen) atoms. The van der Waals surface area contributed by atoms with Crippen molar-refractivity contribution in [3.8, 4) is 28.7 Å². The molecule has 0 bridgehead atoms. The average molecular weight is 524 g/mol. The van der Waals surface area contributed by atoms with Gasteiger partial charge in [-0.3, -0.25) is 0 Å². The number of likely N-dealkylation sites (tertiary alicyclic amines) is 1. The normalized spacial score (nSPS) is 20.1. The molecule has 0 unspecified atom stereocenters. The zero-order chi connectivity index (χ0) is 25.7. The molecule has 2 aromatic heterocycles. The summed E-state index contributed by atoms with van der Waals surface area (Å²) in [5, 5.41) is 4.34. The molecule has 196 valence electrons. The van der Waals surface area contributed by atoms with Crippen LogP contribution in [0, 0.1) is 0 Å². The smallest absolute Gasteiger partial charge is 0.243 e. The van der Waals surface area contributed by atoms with Gasteiger partial charge in [0.1, 0.15) is 30.2 Å². The SMILES string of the molecule is C=C([C@@H]1CCCN1S(=O)(=O)c1ccc2c(c1)-c1nc(-c3ncnn3C(C)C)cn1CCO2)N1CCCC1. The number of ether oxygens (including phenoxy) is 1. The maximum absolute atomic E-state index is 13.9. The van der Waals surface area contributed by atoms with E-state index in [9.17, 15) is 8.42 Å². The van der Waals surface area contributed by atoms with Gasteiger partial charge >= 0.3 is 0 Å². The summed E-state index contributed by atoms with van der Waals surface area (Å²) in [7, 11) is -3.74. The number of aromatic nitrogens is 5. The molecule has 0 radical (unpaired) electrons. The average Bonchev–Trinajstić information content (AvgIpc) is 3.69. The van der Waals surface area contributed by atoms with Crippen LogP contribution in [0.3, 0.4) is 0 Å². The van der Waals surface area contributed by atoms with E-state index in [1.165, 1.54) is 6.33 Å². The van der Waals surface area contributed by atoms with E-state index < -0.39 is 10.0 Å². The second-order valence-corrected chi connectivity index (χ2v) is 12.1. The van der Waals surface area contributed by atoms with Gasteiger partial charge in [0.05, 0.1) is 23.0 Å². The molecule has 2 saturated heterocycles. The van der Waals surface area contributed by atoms with Gasteiger partial charge < -0.3 is 14.2 Å². The van der Waals surface area contributed by atoms with Crippen LogP contribution in [0.1, 0.15) is 45.6 Å². The fraction of sp³-hybridized carbons (Fsp3) is 0.500. The Labute approximate surface area is 217 Å². The Morgan fingerprint density at radius 1 is 1.11 bits per heavy atom. The maximum Gasteiger partial charge on any atom is 0.243 e. The summed E-state index contributed by atoms with van der Waals surface area (Å²) in [4.78, 5) is 11.8. The lowest BCUT2D eigenvalue weighted by Crippen LogP contribution is -2.40. The van der Waals surface area contributed by atoms with Crippen LogP contribution >= 0.6 is 0 Å². The summed E-state index contributed by atoms with van der Waals surface area (Å²) in [6, 6.07) is 5.05. The van der Waals surface area contributed by atoms with Crippen molar-refractivity contribution < 1.29 is 13.2 Å². The molecule has 1 atom stereocenters. The largest absolute Gasteiger partial charge is 0.491 e. The fourth-order valence-electron chi connectivity index (χ4n) is 5.66. The lowest BCUT2D eigenvalue weighted by molar-refractivity contribution is 0.306. The maximum atomic E-state index is 13.9. The summed E-state index contributed by atoms with van der Waals surface area (Å²) in [5.41, 5.74) is 2.28. The van der Waals surface area contributed by atoms with E-state index in [4.69, 9.17) is 9.72 Å². The van der Waals surface area contributed by atoms with Crippen molar-refractivity contribution in [1.29, 1.82) is 0 Å². The third-order valence-electron chi connectivity index (χ3n) is 7.56. The van der Waals surface area contributed by atoms with Crippen LogP contribution in [0.4, 0.5) is 0 Å². The predicted molar refractivity (Wildman–Crippen MR) is 139 cm³/mol. The first-order valence-corrected chi connectivity index (χ1v) is 14.5. The molecule has 5 heterocycles. The van der Waals surface area contributed by atoms with E-state index >= 15 is 0 Å². The predicted octanol–water partition coefficient (Wildman–Crippen LogP) is 3.54. The molecule has 6 rings (SSSR count). The molecule has 0 saturated carbocycles. The Morgan fingerprint density at radius 3 is 2.70 bits per heavy atom. The highest BCUT2D eigenvalue weighted by atomic mass is 32.2. The number of hydrogen-bond donors (Lipinski definition) is 0. The van der Waals surface area contributed by atoms with Crippen molar-refractivity contribution in [3.05, 3.63) is 43.0 Å². The van der Waals surface area contributed by atoms with Crippen LogP contribution < -0.4 is 4.74 Å². The second-order valence-electron chi connectivity index (χ2n) is 10.2. The van der Waals surface area contributed by atoms with Gasteiger partial charge in [0.2, 0.25) is 10.0 Å². The summed E-state index contributed by atoms with van der Waals surface area (Å²) < 4.78 is 39.3. The molecule has 3 aliphatic rings. The van der Waals surface area contributed by atoms with Gasteiger partial charge in [-0.1, -0.05) is 6.58 Å². The lowest BCUT2D eigenvalue weighted by Gasteiger charge is -2.31. The van der Waals surface area contributed by atoms with Gasteiger partial charge in [-0.05, 0) is 57.7 Å². The number of sulfonamides is 1. The molecular formula is C26H33N7O3S. The van der Waals surface area contributed by atoms with E-state index in [2.05, 4.69) is 21.6 Å². The fourth-order valence-corrected chi connectivity index (χ4v) is 7.36. The van der Waals surface area contributed by atoms with E-state index in [0.29, 0.717) is 48.4 Å². The van der Waals surface area contributed by atoms with Crippen LogP contribution in [-0.2, 0) is 16.6 Å². The first-order valence-electron chi connectivity index (χ1n) is 13.0. The van der Waals surface area contributed by atoms with E-state index in [1.54, 1.807) is 22.5 Å². The first kappa shape index (κ1) is 24.2. The van der Waals surface area contributed by atoms with E-state index in [0.717, 1.165) is 44.5 Å². The zero-order valence-electron chi connectivity index (χ0n) is 21.4. The Hall–Kier alpha value is -3.18. The van der Waals surface area contributed by atoms with Crippen molar-refractivity contribution in [2.75, 3.05) is 26.2 Å². The minimum absolute atomic E-state index is 0.134. The summed E-state index contributed by atoms with van der Waals surface area (Å²) in [6.07, 6.45) is 7.36. The molecule has 2 fully saturated rings. The van der Waals surface area contributed by atoms with Crippen LogP contribution in [0.2, 0.25) is 0 Å². The Balaban J connectivity index is 1.37. The third-order valence-corrected chi connectivity index (χ3v) is 9.46. The Morgan fingerprint density at radius 2 is 1.92 bits per heavy atom. The standard InChI is InChI=1S/C26H33N7O3S/c1-18(2)33-26(27-17-28-33)22-16-31-13-14-36-24-9-8-20(15-21(24)25(31)29-22)37(34,35)32-12-6-7-23(32)19(3)30-10-4-5-11-30/h8-9,15-18,23H,3-7,10-14H2,1-2H3/t23-/m0/s1. The van der Waals surface area contributed by atoms with Crippen molar-refractivity contribution in [2.24, 2.45) is 0 Å². The minimum Gasteiger partial charge on any atom is -0.491 e. The number of imidazole rings is 1. The van der Waals surface area contributed by atoms with E-state index in [1.807, 2.05) is 29.3 Å². The lowest BCUT2D eigenvalue weighted by atomic mass is 10.1. The molecule has 3 aromatic rings. The monoisotopic (exact) mass is 523 g/mol. The summed E-state index contributed by atoms with van der Waals surface area (Å²) in [6.45, 7) is 11.9. The van der Waals surface area contributed by atoms with Gasteiger partial charge in [0.15, 0.2) is 5.82 Å². The van der Waals surface area contributed by atoms with Crippen LogP contribution in [-0.4, -0.2) is 74.2 Å². The highest BCUT2D eigenvalue weighted by Gasteiger charge is 2.39. The van der Waals surface area contributed by atoms with Crippen LogP contribution in [0.5, 0.6) is 5.75 Å². The van der Waals surface area contributed by atoms with Gasteiger partial charge in [-0.25, -0.2) is 23.1 Å². The molecule has 0 aliphatic carbocycles. The van der Waals surface area contributed by atoms with Gasteiger partial charge in [0.25, 0.3) is 0 Å². The van der Waals surface area contributed by atoms with Gasteiger partial charge in [-0.15, -0.1) is 0 Å². The molecule has 10 nitrogen and oxygen atoms in total.